The number of hydrogen-bond acceptors (Lipinski definition) is 3. The lowest BCUT2D eigenvalue weighted by molar-refractivity contribution is 0.0675. The van der Waals surface area contributed by atoms with Crippen LogP contribution in [-0.2, 0) is 0 Å². The lowest BCUT2D eigenvalue weighted by Crippen LogP contribution is -2.37. The summed E-state index contributed by atoms with van der Waals surface area (Å²) in [5.41, 5.74) is 0.555. The number of likely N-dealkylation sites (tertiary alicyclic amines) is 1. The zero-order valence-corrected chi connectivity index (χ0v) is 12.7. The molecule has 5 nitrogen and oxygen atoms in total. The van der Waals surface area contributed by atoms with Gasteiger partial charge >= 0.3 is 0 Å². The Kier molecular flexibility index (Phi) is 4.29. The van der Waals surface area contributed by atoms with Crippen LogP contribution >= 0.6 is 0 Å². The maximum atomic E-state index is 12.6. The Bertz CT molecular complexity index is 491. The highest BCUT2D eigenvalue weighted by atomic mass is 16.3. The van der Waals surface area contributed by atoms with Crippen LogP contribution in [0.4, 0.5) is 0 Å². The average Bonchev–Trinajstić information content (AvgIpc) is 3.18. The Morgan fingerprint density at radius 3 is 2.86 bits per heavy atom. The zero-order chi connectivity index (χ0) is 14.8. The van der Waals surface area contributed by atoms with Gasteiger partial charge in [-0.2, -0.15) is 5.10 Å². The predicted molar refractivity (Wildman–Crippen MR) is 80.1 cm³/mol. The Morgan fingerprint density at radius 2 is 2.14 bits per heavy atom. The van der Waals surface area contributed by atoms with Gasteiger partial charge < -0.3 is 10.0 Å². The number of nitrogens with zero attached hydrogens (tertiary/aromatic N) is 3. The summed E-state index contributed by atoms with van der Waals surface area (Å²) in [6, 6.07) is 2.48. The normalized spacial score (nSPS) is 24.7. The Hall–Kier alpha value is -1.36. The molecule has 5 heteroatoms. The molecule has 2 heterocycles. The third-order valence-electron chi connectivity index (χ3n) is 4.78. The lowest BCUT2D eigenvalue weighted by Gasteiger charge is -2.25. The molecule has 1 aliphatic heterocycles. The van der Waals surface area contributed by atoms with E-state index in [1.54, 1.807) is 6.92 Å². The molecule has 1 amide bonds. The second-order valence-corrected chi connectivity index (χ2v) is 6.50. The number of carbonyl (C=O) groups is 1. The molecule has 2 unspecified atom stereocenters. The van der Waals surface area contributed by atoms with E-state index < -0.39 is 0 Å². The molecule has 2 atom stereocenters. The Balaban J connectivity index is 1.69. The van der Waals surface area contributed by atoms with Crippen molar-refractivity contribution >= 4 is 5.91 Å². The second kappa shape index (κ2) is 6.18. The van der Waals surface area contributed by atoms with E-state index in [1.165, 1.54) is 25.7 Å². The average molecular weight is 291 g/mol. The zero-order valence-electron chi connectivity index (χ0n) is 12.7. The van der Waals surface area contributed by atoms with E-state index in [9.17, 15) is 9.90 Å². The predicted octanol–water partition coefficient (Wildman–Crippen LogP) is 2.37. The van der Waals surface area contributed by atoms with Gasteiger partial charge in [0, 0.05) is 18.8 Å². The third kappa shape index (κ3) is 3.12. The fraction of sp³-hybridized carbons (Fsp3) is 0.750. The van der Waals surface area contributed by atoms with Crippen molar-refractivity contribution < 1.29 is 9.90 Å². The molecule has 2 aliphatic rings. The molecule has 1 aliphatic carbocycles. The summed E-state index contributed by atoms with van der Waals surface area (Å²) in [6.45, 7) is 2.57. The largest absolute Gasteiger partial charge is 0.393 e. The number of hydrogen-bond donors (Lipinski definition) is 1. The van der Waals surface area contributed by atoms with Crippen LogP contribution in [0.1, 0.15) is 68.4 Å². The van der Waals surface area contributed by atoms with Crippen LogP contribution in [-0.4, -0.2) is 44.4 Å². The molecule has 1 saturated heterocycles. The summed E-state index contributed by atoms with van der Waals surface area (Å²) in [4.78, 5) is 14.5. The number of aromatic nitrogens is 2. The van der Waals surface area contributed by atoms with Gasteiger partial charge in [-0.25, -0.2) is 0 Å². The number of carbonyl (C=O) groups excluding carboxylic acids is 1. The van der Waals surface area contributed by atoms with E-state index in [4.69, 9.17) is 0 Å². The highest BCUT2D eigenvalue weighted by Crippen LogP contribution is 2.29. The highest BCUT2D eigenvalue weighted by molar-refractivity contribution is 5.92. The molecule has 1 saturated carbocycles. The molecule has 1 aromatic rings. The minimum Gasteiger partial charge on any atom is -0.393 e. The molecule has 2 fully saturated rings. The molecule has 116 valence electrons. The molecule has 3 rings (SSSR count). The summed E-state index contributed by atoms with van der Waals surface area (Å²) in [7, 11) is 0. The third-order valence-corrected chi connectivity index (χ3v) is 4.78. The van der Waals surface area contributed by atoms with Crippen LogP contribution in [0.25, 0.3) is 0 Å². The summed E-state index contributed by atoms with van der Waals surface area (Å²) < 4.78 is 1.97. The molecule has 0 bridgehead atoms. The summed E-state index contributed by atoms with van der Waals surface area (Å²) in [5, 5.41) is 14.1. The number of rotatable bonds is 4. The summed E-state index contributed by atoms with van der Waals surface area (Å²) in [5.74, 6) is 0.0231. The molecular formula is C16H25N3O2. The fourth-order valence-electron chi connectivity index (χ4n) is 3.71. The molecule has 1 aromatic heterocycles. The van der Waals surface area contributed by atoms with E-state index in [2.05, 4.69) is 5.10 Å². The van der Waals surface area contributed by atoms with Gasteiger partial charge in [-0.05, 0) is 45.1 Å². The van der Waals surface area contributed by atoms with Gasteiger partial charge in [-0.1, -0.05) is 12.8 Å². The van der Waals surface area contributed by atoms with Gasteiger partial charge in [0.1, 0.15) is 5.69 Å². The van der Waals surface area contributed by atoms with E-state index >= 15 is 0 Å². The first-order valence-corrected chi connectivity index (χ1v) is 8.19. The van der Waals surface area contributed by atoms with Crippen molar-refractivity contribution in [2.24, 2.45) is 0 Å². The SMILES string of the molecule is CC(O)CC1CCCN1C(=O)c1ccn(C2CCCC2)n1. The standard InChI is InChI=1S/C16H25N3O2/c1-12(20)11-14-7-4-9-18(14)16(21)15-8-10-19(17-15)13-5-2-3-6-13/h8,10,12-14,20H,2-7,9,11H2,1H3. The quantitative estimate of drug-likeness (QED) is 0.926. The van der Waals surface area contributed by atoms with Crippen LogP contribution in [0.15, 0.2) is 12.3 Å². The van der Waals surface area contributed by atoms with Crippen LogP contribution < -0.4 is 0 Å². The van der Waals surface area contributed by atoms with Crippen molar-refractivity contribution in [3.63, 3.8) is 0 Å². The smallest absolute Gasteiger partial charge is 0.274 e. The fourth-order valence-corrected chi connectivity index (χ4v) is 3.71. The first-order valence-electron chi connectivity index (χ1n) is 8.19. The van der Waals surface area contributed by atoms with Gasteiger partial charge in [0.05, 0.1) is 12.1 Å². The molecule has 21 heavy (non-hydrogen) atoms. The van der Waals surface area contributed by atoms with E-state index in [1.807, 2.05) is 21.8 Å². The highest BCUT2D eigenvalue weighted by Gasteiger charge is 2.31. The molecule has 0 radical (unpaired) electrons. The molecule has 0 spiro atoms. The van der Waals surface area contributed by atoms with Crippen molar-refractivity contribution in [1.82, 2.24) is 14.7 Å². The minimum atomic E-state index is -0.362. The van der Waals surface area contributed by atoms with E-state index in [-0.39, 0.29) is 18.1 Å². The van der Waals surface area contributed by atoms with Gasteiger partial charge in [-0.15, -0.1) is 0 Å². The second-order valence-electron chi connectivity index (χ2n) is 6.50. The van der Waals surface area contributed by atoms with Crippen LogP contribution in [0.3, 0.4) is 0 Å². The van der Waals surface area contributed by atoms with Crippen molar-refractivity contribution in [2.45, 2.75) is 70.1 Å². The Morgan fingerprint density at radius 1 is 1.38 bits per heavy atom. The maximum absolute atomic E-state index is 12.6. The number of aliphatic hydroxyl groups is 1. The summed E-state index contributed by atoms with van der Waals surface area (Å²) >= 11 is 0. The van der Waals surface area contributed by atoms with Gasteiger partial charge in [0.25, 0.3) is 5.91 Å². The van der Waals surface area contributed by atoms with Crippen LogP contribution in [0.2, 0.25) is 0 Å². The van der Waals surface area contributed by atoms with E-state index in [0.29, 0.717) is 18.2 Å². The van der Waals surface area contributed by atoms with Crippen molar-refractivity contribution in [2.75, 3.05) is 6.54 Å². The first kappa shape index (κ1) is 14.6. The minimum absolute atomic E-state index is 0.0231. The van der Waals surface area contributed by atoms with E-state index in [0.717, 1.165) is 19.4 Å². The first-order chi connectivity index (χ1) is 10.1. The molecular weight excluding hydrogens is 266 g/mol. The Labute approximate surface area is 125 Å². The number of amides is 1. The topological polar surface area (TPSA) is 58.4 Å². The molecule has 0 aromatic carbocycles. The lowest BCUT2D eigenvalue weighted by atomic mass is 10.1. The van der Waals surface area contributed by atoms with Gasteiger partial charge in [0.15, 0.2) is 0 Å². The van der Waals surface area contributed by atoms with Gasteiger partial charge in [-0.3, -0.25) is 9.48 Å². The maximum Gasteiger partial charge on any atom is 0.274 e. The van der Waals surface area contributed by atoms with Crippen LogP contribution in [0, 0.1) is 0 Å². The van der Waals surface area contributed by atoms with Crippen LogP contribution in [0.5, 0.6) is 0 Å². The van der Waals surface area contributed by atoms with Crippen molar-refractivity contribution in [3.05, 3.63) is 18.0 Å². The summed E-state index contributed by atoms with van der Waals surface area (Å²) in [6.07, 6.45) is 9.12. The van der Waals surface area contributed by atoms with Crippen molar-refractivity contribution in [3.8, 4) is 0 Å². The van der Waals surface area contributed by atoms with Gasteiger partial charge in [0.2, 0.25) is 0 Å². The number of aliphatic hydroxyl groups excluding tert-OH is 1. The molecule has 1 N–H and O–H groups in total. The monoisotopic (exact) mass is 291 g/mol. The van der Waals surface area contributed by atoms with Crippen molar-refractivity contribution in [1.29, 1.82) is 0 Å².